The van der Waals surface area contributed by atoms with E-state index < -0.39 is 0 Å². The van der Waals surface area contributed by atoms with Crippen LogP contribution in [0.3, 0.4) is 0 Å². The number of thioether (sulfide) groups is 1. The van der Waals surface area contributed by atoms with E-state index in [0.29, 0.717) is 33.6 Å². The number of nitrogens with zero attached hydrogens (tertiary/aromatic N) is 1. The van der Waals surface area contributed by atoms with E-state index in [0.717, 1.165) is 17.3 Å². The molecule has 0 spiro atoms. The topological polar surface area (TPSA) is 55.8 Å². The third-order valence-corrected chi connectivity index (χ3v) is 5.29. The maximum absolute atomic E-state index is 12.6. The van der Waals surface area contributed by atoms with Crippen molar-refractivity contribution in [3.05, 3.63) is 76.2 Å². The molecule has 0 aliphatic carbocycles. The highest BCUT2D eigenvalue weighted by atomic mass is 35.5. The minimum absolute atomic E-state index is 0.185. The number of carbonyl (C=O) groups excluding carboxylic acids is 2. The number of rotatable bonds is 8. The largest absolute Gasteiger partial charge is 0.492 e. The van der Waals surface area contributed by atoms with Crippen LogP contribution in [-0.2, 0) is 4.79 Å². The molecule has 3 rings (SSSR count). The predicted octanol–water partition coefficient (Wildman–Crippen LogP) is 5.33. The molecular formula is C22H20ClNO4S. The highest BCUT2D eigenvalue weighted by molar-refractivity contribution is 8.18. The number of halogens is 1. The summed E-state index contributed by atoms with van der Waals surface area (Å²) in [6, 6.07) is 12.8. The predicted molar refractivity (Wildman–Crippen MR) is 116 cm³/mol. The van der Waals surface area contributed by atoms with E-state index in [1.54, 1.807) is 30.4 Å². The third-order valence-electron chi connectivity index (χ3n) is 4.09. The van der Waals surface area contributed by atoms with Gasteiger partial charge in [-0.1, -0.05) is 48.0 Å². The van der Waals surface area contributed by atoms with Gasteiger partial charge in [-0.05, 0) is 54.6 Å². The number of hydrogen-bond donors (Lipinski definition) is 0. The van der Waals surface area contributed by atoms with Gasteiger partial charge in [-0.25, -0.2) is 0 Å². The summed E-state index contributed by atoms with van der Waals surface area (Å²) < 4.78 is 11.1. The van der Waals surface area contributed by atoms with E-state index in [-0.39, 0.29) is 24.3 Å². The standard InChI is InChI=1S/C22H20ClNO4S/c1-3-11-28-19-9-6-16(13-18(19)23)14-20-21(25)24(22(26)29-20)10-12-27-17-7-4-15(2)5-8-17/h3-9,13-14H,1,10-12H2,2H3/b20-14-. The quantitative estimate of drug-likeness (QED) is 0.419. The van der Waals surface area contributed by atoms with Gasteiger partial charge in [-0.15, -0.1) is 0 Å². The van der Waals surface area contributed by atoms with Gasteiger partial charge in [0, 0.05) is 0 Å². The van der Waals surface area contributed by atoms with Crippen molar-refractivity contribution >= 4 is 40.6 Å². The van der Waals surface area contributed by atoms with E-state index in [9.17, 15) is 9.59 Å². The van der Waals surface area contributed by atoms with Crippen molar-refractivity contribution in [3.63, 3.8) is 0 Å². The van der Waals surface area contributed by atoms with Crippen molar-refractivity contribution in [2.75, 3.05) is 19.8 Å². The Kier molecular flexibility index (Phi) is 7.01. The summed E-state index contributed by atoms with van der Waals surface area (Å²) in [6.07, 6.45) is 3.28. The molecule has 1 saturated heterocycles. The van der Waals surface area contributed by atoms with Crippen LogP contribution in [0.25, 0.3) is 6.08 Å². The summed E-state index contributed by atoms with van der Waals surface area (Å²) in [4.78, 5) is 26.4. The van der Waals surface area contributed by atoms with Gasteiger partial charge in [0.1, 0.15) is 24.7 Å². The second kappa shape index (κ2) is 9.67. The monoisotopic (exact) mass is 429 g/mol. The van der Waals surface area contributed by atoms with E-state index >= 15 is 0 Å². The lowest BCUT2D eigenvalue weighted by molar-refractivity contribution is -0.123. The van der Waals surface area contributed by atoms with E-state index in [1.165, 1.54) is 4.90 Å². The molecular weight excluding hydrogens is 410 g/mol. The normalized spacial score (nSPS) is 15.1. The fourth-order valence-electron chi connectivity index (χ4n) is 2.61. The molecule has 0 N–H and O–H groups in total. The van der Waals surface area contributed by atoms with Gasteiger partial charge in [-0.3, -0.25) is 14.5 Å². The van der Waals surface area contributed by atoms with Crippen molar-refractivity contribution in [1.82, 2.24) is 4.90 Å². The van der Waals surface area contributed by atoms with Crippen molar-refractivity contribution in [3.8, 4) is 11.5 Å². The molecule has 1 heterocycles. The number of benzene rings is 2. The number of aryl methyl sites for hydroxylation is 1. The lowest BCUT2D eigenvalue weighted by Crippen LogP contribution is -2.32. The number of imide groups is 1. The Bertz CT molecular complexity index is 956. The Morgan fingerprint density at radius 3 is 2.59 bits per heavy atom. The molecule has 0 bridgehead atoms. The average Bonchev–Trinajstić information content (AvgIpc) is 2.96. The first-order valence-corrected chi connectivity index (χ1v) is 10.2. The smallest absolute Gasteiger partial charge is 0.293 e. The highest BCUT2D eigenvalue weighted by Crippen LogP contribution is 2.33. The molecule has 1 fully saturated rings. The van der Waals surface area contributed by atoms with Gasteiger partial charge in [0.25, 0.3) is 11.1 Å². The number of hydrogen-bond acceptors (Lipinski definition) is 5. The fraction of sp³-hybridized carbons (Fsp3) is 0.182. The molecule has 29 heavy (non-hydrogen) atoms. The molecule has 0 atom stereocenters. The van der Waals surface area contributed by atoms with Crippen LogP contribution in [-0.4, -0.2) is 35.8 Å². The molecule has 5 nitrogen and oxygen atoms in total. The molecule has 0 aromatic heterocycles. The molecule has 2 aromatic carbocycles. The summed E-state index contributed by atoms with van der Waals surface area (Å²) in [6.45, 7) is 6.35. The van der Waals surface area contributed by atoms with Gasteiger partial charge in [-0.2, -0.15) is 0 Å². The third kappa shape index (κ3) is 5.43. The Morgan fingerprint density at radius 2 is 1.90 bits per heavy atom. The Labute approximate surface area is 178 Å². The zero-order valence-electron chi connectivity index (χ0n) is 15.9. The molecule has 7 heteroatoms. The van der Waals surface area contributed by atoms with Gasteiger partial charge in [0.15, 0.2) is 0 Å². The number of amides is 2. The van der Waals surface area contributed by atoms with Gasteiger partial charge in [0.05, 0.1) is 16.5 Å². The molecule has 2 amide bonds. The van der Waals surface area contributed by atoms with Crippen LogP contribution in [0.15, 0.2) is 60.0 Å². The average molecular weight is 430 g/mol. The number of ether oxygens (including phenoxy) is 2. The summed E-state index contributed by atoms with van der Waals surface area (Å²) in [5, 5.41) is 0.108. The molecule has 150 valence electrons. The molecule has 1 aliphatic rings. The Morgan fingerprint density at radius 1 is 1.14 bits per heavy atom. The zero-order valence-corrected chi connectivity index (χ0v) is 17.5. The molecule has 0 radical (unpaired) electrons. The lowest BCUT2D eigenvalue weighted by Gasteiger charge is -2.13. The summed E-state index contributed by atoms with van der Waals surface area (Å²) in [5.41, 5.74) is 1.84. The molecule has 0 saturated carbocycles. The van der Waals surface area contributed by atoms with Crippen LogP contribution >= 0.6 is 23.4 Å². The second-order valence-electron chi connectivity index (χ2n) is 6.28. The number of carbonyl (C=O) groups is 2. The van der Waals surface area contributed by atoms with Gasteiger partial charge in [0.2, 0.25) is 0 Å². The van der Waals surface area contributed by atoms with Gasteiger partial charge < -0.3 is 9.47 Å². The van der Waals surface area contributed by atoms with Crippen molar-refractivity contribution < 1.29 is 19.1 Å². The van der Waals surface area contributed by atoms with Crippen molar-refractivity contribution in [2.45, 2.75) is 6.92 Å². The minimum Gasteiger partial charge on any atom is -0.492 e. The summed E-state index contributed by atoms with van der Waals surface area (Å²) in [7, 11) is 0. The minimum atomic E-state index is -0.337. The first kappa shape index (κ1) is 21.0. The van der Waals surface area contributed by atoms with E-state index in [2.05, 4.69) is 6.58 Å². The van der Waals surface area contributed by atoms with Crippen molar-refractivity contribution in [2.24, 2.45) is 0 Å². The van der Waals surface area contributed by atoms with Crippen LogP contribution in [0, 0.1) is 6.92 Å². The van der Waals surface area contributed by atoms with Crippen molar-refractivity contribution in [1.29, 1.82) is 0 Å². The molecule has 1 aliphatic heterocycles. The fourth-order valence-corrected chi connectivity index (χ4v) is 3.71. The van der Waals surface area contributed by atoms with Gasteiger partial charge >= 0.3 is 0 Å². The highest BCUT2D eigenvalue weighted by Gasteiger charge is 2.34. The van der Waals surface area contributed by atoms with E-state index in [4.69, 9.17) is 21.1 Å². The first-order chi connectivity index (χ1) is 14.0. The zero-order chi connectivity index (χ0) is 20.8. The van der Waals surface area contributed by atoms with Crippen LogP contribution < -0.4 is 9.47 Å². The SMILES string of the molecule is C=CCOc1ccc(/C=C2\SC(=O)N(CCOc3ccc(C)cc3)C2=O)cc1Cl. The maximum atomic E-state index is 12.6. The molecule has 0 unspecified atom stereocenters. The molecule has 2 aromatic rings. The Hall–Kier alpha value is -2.70. The van der Waals surface area contributed by atoms with E-state index in [1.807, 2.05) is 31.2 Å². The summed E-state index contributed by atoms with van der Waals surface area (Å²) in [5.74, 6) is 0.896. The van der Waals surface area contributed by atoms with Crippen LogP contribution in [0.1, 0.15) is 11.1 Å². The maximum Gasteiger partial charge on any atom is 0.293 e. The Balaban J connectivity index is 1.62. The lowest BCUT2D eigenvalue weighted by atomic mass is 10.2. The van der Waals surface area contributed by atoms with Crippen LogP contribution in [0.2, 0.25) is 5.02 Å². The van der Waals surface area contributed by atoms with Crippen LogP contribution in [0.4, 0.5) is 4.79 Å². The second-order valence-corrected chi connectivity index (χ2v) is 7.68. The first-order valence-electron chi connectivity index (χ1n) is 8.96. The summed E-state index contributed by atoms with van der Waals surface area (Å²) >= 11 is 7.11. The van der Waals surface area contributed by atoms with Crippen LogP contribution in [0.5, 0.6) is 11.5 Å².